The predicted molar refractivity (Wildman–Crippen MR) is 92.5 cm³/mol. The lowest BCUT2D eigenvalue weighted by Crippen LogP contribution is -2.18. The fraction of sp³-hybridized carbons (Fsp3) is 0.353. The summed E-state index contributed by atoms with van der Waals surface area (Å²) in [4.78, 5) is 6.71. The van der Waals surface area contributed by atoms with Crippen LogP contribution in [0.5, 0.6) is 0 Å². The van der Waals surface area contributed by atoms with Gasteiger partial charge in [0.15, 0.2) is 0 Å². The number of hydrogen-bond donors (Lipinski definition) is 1. The molecule has 0 saturated heterocycles. The average molecular weight is 348 g/mol. The lowest BCUT2D eigenvalue weighted by atomic mass is 10.2. The second kappa shape index (κ2) is 8.15. The van der Waals surface area contributed by atoms with Crippen LogP contribution in [-0.2, 0) is 13.1 Å². The number of anilines is 1. The van der Waals surface area contributed by atoms with E-state index in [2.05, 4.69) is 81.5 Å². The lowest BCUT2D eigenvalue weighted by Gasteiger charge is -2.18. The maximum Gasteiger partial charge on any atom is 0.128 e. The molecule has 0 amide bonds. The van der Waals surface area contributed by atoms with Crippen molar-refractivity contribution in [3.05, 3.63) is 58.2 Å². The molecule has 0 bridgehead atoms. The fourth-order valence-corrected chi connectivity index (χ4v) is 2.37. The molecule has 1 aromatic carbocycles. The Kier molecular flexibility index (Phi) is 6.21. The summed E-state index contributed by atoms with van der Waals surface area (Å²) in [6, 6.07) is 12.6. The third-order valence-electron chi connectivity index (χ3n) is 3.29. The van der Waals surface area contributed by atoms with Crippen molar-refractivity contribution in [3.63, 3.8) is 0 Å². The van der Waals surface area contributed by atoms with Gasteiger partial charge in [-0.3, -0.25) is 0 Å². The van der Waals surface area contributed by atoms with Crippen LogP contribution in [0.25, 0.3) is 0 Å². The molecule has 1 heterocycles. The molecule has 0 atom stereocenters. The van der Waals surface area contributed by atoms with Gasteiger partial charge in [-0.05, 0) is 42.3 Å². The molecule has 4 heteroatoms. The summed E-state index contributed by atoms with van der Waals surface area (Å²) in [5, 5.41) is 3.39. The molecule has 112 valence electrons. The van der Waals surface area contributed by atoms with E-state index in [1.54, 1.807) is 0 Å². The molecule has 0 unspecified atom stereocenters. The molecule has 2 rings (SSSR count). The van der Waals surface area contributed by atoms with E-state index in [9.17, 15) is 0 Å². The quantitative estimate of drug-likeness (QED) is 0.767. The SMILES string of the molecule is CCCNCc1ccc(N(C)Cc2ccc(Br)cc2)nc1. The Morgan fingerprint density at radius 2 is 1.81 bits per heavy atom. The molecule has 0 spiro atoms. The van der Waals surface area contributed by atoms with Gasteiger partial charge >= 0.3 is 0 Å². The van der Waals surface area contributed by atoms with Crippen molar-refractivity contribution < 1.29 is 0 Å². The van der Waals surface area contributed by atoms with Gasteiger partial charge < -0.3 is 10.2 Å². The Bertz CT molecular complexity index is 537. The van der Waals surface area contributed by atoms with Gasteiger partial charge in [0.25, 0.3) is 0 Å². The van der Waals surface area contributed by atoms with Gasteiger partial charge in [0.1, 0.15) is 5.82 Å². The highest BCUT2D eigenvalue weighted by atomic mass is 79.9. The van der Waals surface area contributed by atoms with E-state index in [4.69, 9.17) is 0 Å². The molecule has 0 aliphatic heterocycles. The second-order valence-electron chi connectivity index (χ2n) is 5.18. The van der Waals surface area contributed by atoms with E-state index in [0.29, 0.717) is 0 Å². The predicted octanol–water partition coefficient (Wildman–Crippen LogP) is 3.98. The van der Waals surface area contributed by atoms with Crippen LogP contribution in [0.3, 0.4) is 0 Å². The lowest BCUT2D eigenvalue weighted by molar-refractivity contribution is 0.673. The Morgan fingerprint density at radius 3 is 2.43 bits per heavy atom. The van der Waals surface area contributed by atoms with Crippen LogP contribution >= 0.6 is 15.9 Å². The minimum Gasteiger partial charge on any atom is -0.355 e. The van der Waals surface area contributed by atoms with Crippen molar-refractivity contribution in [1.82, 2.24) is 10.3 Å². The maximum atomic E-state index is 4.55. The zero-order chi connectivity index (χ0) is 15.1. The standard InChI is InChI=1S/C17H22BrN3/c1-3-10-19-11-15-6-9-17(20-12-15)21(2)13-14-4-7-16(18)8-5-14/h4-9,12,19H,3,10-11,13H2,1-2H3. The number of benzene rings is 1. The molecule has 21 heavy (non-hydrogen) atoms. The van der Waals surface area contributed by atoms with Gasteiger partial charge in [-0.25, -0.2) is 4.98 Å². The van der Waals surface area contributed by atoms with Crippen molar-refractivity contribution in [3.8, 4) is 0 Å². The van der Waals surface area contributed by atoms with E-state index >= 15 is 0 Å². The molecule has 0 fully saturated rings. The average Bonchev–Trinajstić information content (AvgIpc) is 2.50. The van der Waals surface area contributed by atoms with Crippen LogP contribution in [0.15, 0.2) is 47.1 Å². The van der Waals surface area contributed by atoms with Gasteiger partial charge in [0, 0.05) is 30.8 Å². The van der Waals surface area contributed by atoms with E-state index in [1.165, 1.54) is 11.1 Å². The molecule has 0 aliphatic rings. The maximum absolute atomic E-state index is 4.55. The first-order valence-electron chi connectivity index (χ1n) is 7.30. The van der Waals surface area contributed by atoms with Crippen LogP contribution in [0.2, 0.25) is 0 Å². The summed E-state index contributed by atoms with van der Waals surface area (Å²) in [6.45, 7) is 4.96. The number of hydrogen-bond acceptors (Lipinski definition) is 3. The summed E-state index contributed by atoms with van der Waals surface area (Å²) in [6.07, 6.45) is 3.11. The topological polar surface area (TPSA) is 28.2 Å². The summed E-state index contributed by atoms with van der Waals surface area (Å²) >= 11 is 3.46. The number of halogens is 1. The second-order valence-corrected chi connectivity index (χ2v) is 6.10. The molecule has 3 nitrogen and oxygen atoms in total. The number of nitrogens with one attached hydrogen (secondary N) is 1. The van der Waals surface area contributed by atoms with Crippen molar-refractivity contribution in [2.45, 2.75) is 26.4 Å². The summed E-state index contributed by atoms with van der Waals surface area (Å²) < 4.78 is 1.11. The first kappa shape index (κ1) is 16.0. The normalized spacial score (nSPS) is 10.6. The van der Waals surface area contributed by atoms with Crippen LogP contribution in [0.4, 0.5) is 5.82 Å². The first-order valence-corrected chi connectivity index (χ1v) is 8.09. The molecule has 1 N–H and O–H groups in total. The minimum atomic E-state index is 0.855. The Labute approximate surface area is 135 Å². The number of pyridine rings is 1. The van der Waals surface area contributed by atoms with Gasteiger partial charge in [0.05, 0.1) is 0 Å². The van der Waals surface area contributed by atoms with E-state index in [0.717, 1.165) is 36.3 Å². The third kappa shape index (κ3) is 5.14. The Balaban J connectivity index is 1.93. The largest absolute Gasteiger partial charge is 0.355 e. The summed E-state index contributed by atoms with van der Waals surface area (Å²) in [5.41, 5.74) is 2.50. The minimum absolute atomic E-state index is 0.855. The first-order chi connectivity index (χ1) is 10.2. The number of aromatic nitrogens is 1. The molecular weight excluding hydrogens is 326 g/mol. The van der Waals surface area contributed by atoms with Gasteiger partial charge in [-0.2, -0.15) is 0 Å². The highest BCUT2D eigenvalue weighted by Gasteiger charge is 2.04. The van der Waals surface area contributed by atoms with E-state index < -0.39 is 0 Å². The number of rotatable bonds is 7. The van der Waals surface area contributed by atoms with Crippen molar-refractivity contribution in [2.75, 3.05) is 18.5 Å². The van der Waals surface area contributed by atoms with Crippen LogP contribution < -0.4 is 10.2 Å². The molecule has 0 aliphatic carbocycles. The molecule has 1 aromatic heterocycles. The smallest absolute Gasteiger partial charge is 0.128 e. The molecule has 2 aromatic rings. The molecular formula is C17H22BrN3. The van der Waals surface area contributed by atoms with Crippen LogP contribution in [0, 0.1) is 0 Å². The molecule has 0 radical (unpaired) electrons. The van der Waals surface area contributed by atoms with Gasteiger partial charge in [-0.1, -0.05) is 41.1 Å². The van der Waals surface area contributed by atoms with E-state index in [1.807, 2.05) is 6.20 Å². The zero-order valence-electron chi connectivity index (χ0n) is 12.6. The van der Waals surface area contributed by atoms with Crippen molar-refractivity contribution in [2.24, 2.45) is 0 Å². The van der Waals surface area contributed by atoms with E-state index in [-0.39, 0.29) is 0 Å². The number of nitrogens with zero attached hydrogens (tertiary/aromatic N) is 2. The van der Waals surface area contributed by atoms with Crippen LogP contribution in [-0.4, -0.2) is 18.6 Å². The Morgan fingerprint density at radius 1 is 1.10 bits per heavy atom. The van der Waals surface area contributed by atoms with Crippen molar-refractivity contribution >= 4 is 21.7 Å². The van der Waals surface area contributed by atoms with Gasteiger partial charge in [-0.15, -0.1) is 0 Å². The van der Waals surface area contributed by atoms with Gasteiger partial charge in [0.2, 0.25) is 0 Å². The summed E-state index contributed by atoms with van der Waals surface area (Å²) in [5.74, 6) is 0.997. The highest BCUT2D eigenvalue weighted by molar-refractivity contribution is 9.10. The highest BCUT2D eigenvalue weighted by Crippen LogP contribution is 2.15. The van der Waals surface area contributed by atoms with Crippen LogP contribution in [0.1, 0.15) is 24.5 Å². The summed E-state index contributed by atoms with van der Waals surface area (Å²) in [7, 11) is 2.07. The van der Waals surface area contributed by atoms with Crippen molar-refractivity contribution in [1.29, 1.82) is 0 Å². The third-order valence-corrected chi connectivity index (χ3v) is 3.82. The molecule has 0 saturated carbocycles. The fourth-order valence-electron chi connectivity index (χ4n) is 2.10. The monoisotopic (exact) mass is 347 g/mol. The zero-order valence-corrected chi connectivity index (χ0v) is 14.2. The Hall–Kier alpha value is -1.39.